The molecular weight excluding hydrogens is 404 g/mol. The predicted octanol–water partition coefficient (Wildman–Crippen LogP) is 0.836. The van der Waals surface area contributed by atoms with E-state index >= 15 is 0 Å². The molecule has 0 radical (unpaired) electrons. The second-order valence-corrected chi connectivity index (χ2v) is 7.36. The molecule has 0 unspecified atom stereocenters. The number of nitrogens with zero attached hydrogens (tertiary/aromatic N) is 2. The number of hydrogen-bond donors (Lipinski definition) is 2. The van der Waals surface area contributed by atoms with Gasteiger partial charge in [0, 0.05) is 18.3 Å². The second-order valence-electron chi connectivity index (χ2n) is 7.36. The minimum absolute atomic E-state index is 0.0938. The summed E-state index contributed by atoms with van der Waals surface area (Å²) in [5.41, 5.74) is 0.146. The molecule has 0 bridgehead atoms. The lowest BCUT2D eigenvalue weighted by Crippen LogP contribution is -2.54. The molecule has 31 heavy (non-hydrogen) atoms. The molecule has 10 nitrogen and oxygen atoms in total. The fourth-order valence-electron chi connectivity index (χ4n) is 3.96. The molecule has 5 rings (SSSR count). The fourth-order valence-corrected chi connectivity index (χ4v) is 3.96. The van der Waals surface area contributed by atoms with Gasteiger partial charge in [-0.3, -0.25) is 14.9 Å². The quantitative estimate of drug-likeness (QED) is 0.554. The summed E-state index contributed by atoms with van der Waals surface area (Å²) in [6.45, 7) is 0.0984. The van der Waals surface area contributed by atoms with Crippen LogP contribution in [0.2, 0.25) is 0 Å². The molecule has 4 amide bonds. The van der Waals surface area contributed by atoms with Crippen LogP contribution in [0.4, 0.5) is 4.79 Å². The van der Waals surface area contributed by atoms with Crippen molar-refractivity contribution < 1.29 is 28.7 Å². The molecule has 0 aliphatic carbocycles. The molecule has 1 fully saturated rings. The van der Waals surface area contributed by atoms with Gasteiger partial charge in [0.05, 0.1) is 19.2 Å². The van der Waals surface area contributed by atoms with Gasteiger partial charge in [-0.25, -0.2) is 14.6 Å². The molecule has 2 aromatic rings. The first-order valence-corrected chi connectivity index (χ1v) is 9.40. The maximum atomic E-state index is 13.0. The lowest BCUT2D eigenvalue weighted by Gasteiger charge is -2.28. The summed E-state index contributed by atoms with van der Waals surface area (Å²) in [5.74, 6) is -0.972. The fraction of sp³-hybridized carbons (Fsp3) is 0.190. The molecule has 10 heteroatoms. The van der Waals surface area contributed by atoms with Gasteiger partial charge < -0.3 is 19.7 Å². The number of fused-ring (bicyclic) bond motifs is 2. The van der Waals surface area contributed by atoms with E-state index in [9.17, 15) is 19.2 Å². The van der Waals surface area contributed by atoms with Gasteiger partial charge in [0.1, 0.15) is 11.5 Å². The van der Waals surface area contributed by atoms with Crippen molar-refractivity contribution in [2.24, 2.45) is 0 Å². The zero-order chi connectivity index (χ0) is 21.8. The first kappa shape index (κ1) is 18.8. The molecule has 1 atom stereocenters. The van der Waals surface area contributed by atoms with Crippen molar-refractivity contribution in [2.45, 2.75) is 12.1 Å². The number of carbonyl (C=O) groups excluding carboxylic acids is 4. The van der Waals surface area contributed by atoms with Crippen LogP contribution in [0.3, 0.4) is 0 Å². The van der Waals surface area contributed by atoms with Crippen LogP contribution in [0.25, 0.3) is 5.76 Å². The Balaban J connectivity index is 1.52. The number of esters is 1. The number of nitrogens with one attached hydrogen (secondary N) is 2. The Morgan fingerprint density at radius 2 is 2.06 bits per heavy atom. The van der Waals surface area contributed by atoms with Gasteiger partial charge >= 0.3 is 12.0 Å². The number of ether oxygens (including phenoxy) is 2. The van der Waals surface area contributed by atoms with Crippen molar-refractivity contribution in [2.75, 3.05) is 13.7 Å². The van der Waals surface area contributed by atoms with E-state index in [2.05, 4.69) is 15.6 Å². The summed E-state index contributed by atoms with van der Waals surface area (Å²) in [6.07, 6.45) is 2.81. The van der Waals surface area contributed by atoms with Gasteiger partial charge in [-0.1, -0.05) is 6.07 Å². The Hall–Kier alpha value is -4.21. The van der Waals surface area contributed by atoms with Gasteiger partial charge in [-0.05, 0) is 35.9 Å². The third kappa shape index (κ3) is 2.91. The standard InChI is InChI=1S/C21H16N4O6/c1-30-12-5-4-11-9-25(17(26)14(11)7-12)10-21(19(28)23-20(29)24-21)8-15-13-3-2-6-22-16(13)18(27)31-15/h2-8H,9-10H2,1H3,(H2,23,24,28,29)/b15-8-/t21-/m1/s1. The van der Waals surface area contributed by atoms with Crippen LogP contribution in [0.5, 0.6) is 5.75 Å². The summed E-state index contributed by atoms with van der Waals surface area (Å²) in [5, 5.41) is 4.78. The third-order valence-electron chi connectivity index (χ3n) is 5.45. The smallest absolute Gasteiger partial charge is 0.363 e. The van der Waals surface area contributed by atoms with E-state index in [1.54, 1.807) is 30.3 Å². The Morgan fingerprint density at radius 3 is 2.81 bits per heavy atom. The van der Waals surface area contributed by atoms with Crippen LogP contribution in [-0.2, 0) is 16.1 Å². The van der Waals surface area contributed by atoms with Gasteiger partial charge in [0.15, 0.2) is 11.2 Å². The Labute approximate surface area is 175 Å². The number of aromatic nitrogens is 1. The highest BCUT2D eigenvalue weighted by molar-refractivity contribution is 6.11. The summed E-state index contributed by atoms with van der Waals surface area (Å²) >= 11 is 0. The maximum absolute atomic E-state index is 13.0. The molecule has 1 aromatic carbocycles. The number of carbonyl (C=O) groups is 4. The highest BCUT2D eigenvalue weighted by atomic mass is 16.5. The van der Waals surface area contributed by atoms with Gasteiger partial charge in [0.25, 0.3) is 11.8 Å². The molecule has 1 saturated heterocycles. The highest BCUT2D eigenvalue weighted by Crippen LogP contribution is 2.33. The van der Waals surface area contributed by atoms with Crippen LogP contribution >= 0.6 is 0 Å². The van der Waals surface area contributed by atoms with Gasteiger partial charge in [-0.2, -0.15) is 0 Å². The van der Waals surface area contributed by atoms with Crippen molar-refractivity contribution in [1.29, 1.82) is 0 Å². The summed E-state index contributed by atoms with van der Waals surface area (Å²) in [7, 11) is 1.51. The molecule has 1 aromatic heterocycles. The van der Waals surface area contributed by atoms with Crippen molar-refractivity contribution in [1.82, 2.24) is 20.5 Å². The number of rotatable bonds is 4. The largest absolute Gasteiger partial charge is 0.497 e. The molecule has 2 N–H and O–H groups in total. The molecule has 4 heterocycles. The number of cyclic esters (lactones) is 1. The lowest BCUT2D eigenvalue weighted by molar-refractivity contribution is -0.122. The van der Waals surface area contributed by atoms with Crippen LogP contribution in [-0.4, -0.2) is 52.9 Å². The summed E-state index contributed by atoms with van der Waals surface area (Å²) in [6, 6.07) is 7.72. The Morgan fingerprint density at radius 1 is 1.23 bits per heavy atom. The summed E-state index contributed by atoms with van der Waals surface area (Å²) < 4.78 is 10.5. The van der Waals surface area contributed by atoms with E-state index in [0.717, 1.165) is 5.56 Å². The van der Waals surface area contributed by atoms with E-state index < -0.39 is 23.4 Å². The van der Waals surface area contributed by atoms with Crippen LogP contribution < -0.4 is 15.4 Å². The monoisotopic (exact) mass is 420 g/mol. The number of urea groups is 1. The molecule has 156 valence electrons. The zero-order valence-electron chi connectivity index (χ0n) is 16.3. The minimum Gasteiger partial charge on any atom is -0.497 e. The number of imide groups is 1. The van der Waals surface area contributed by atoms with Crippen LogP contribution in [0.15, 0.2) is 42.6 Å². The number of benzene rings is 1. The first-order valence-electron chi connectivity index (χ1n) is 9.40. The second kappa shape index (κ2) is 6.66. The number of pyridine rings is 1. The Kier molecular flexibility index (Phi) is 4.04. The van der Waals surface area contributed by atoms with E-state index in [4.69, 9.17) is 9.47 Å². The van der Waals surface area contributed by atoms with E-state index in [1.807, 2.05) is 0 Å². The molecule has 3 aliphatic heterocycles. The number of hydrogen-bond acceptors (Lipinski definition) is 7. The van der Waals surface area contributed by atoms with E-state index in [-0.39, 0.29) is 30.4 Å². The maximum Gasteiger partial charge on any atom is 0.363 e. The SMILES string of the molecule is COc1ccc2c(c1)C(=O)N(C[C@@]1(/C=C3\OC(=O)c4ncccc43)NC(=O)NC1=O)C2. The predicted molar refractivity (Wildman–Crippen MR) is 105 cm³/mol. The average Bonchev–Trinajstić information content (AvgIpc) is 3.34. The van der Waals surface area contributed by atoms with Crippen LogP contribution in [0.1, 0.15) is 32.0 Å². The summed E-state index contributed by atoms with van der Waals surface area (Å²) in [4.78, 5) is 55.3. The van der Waals surface area contributed by atoms with E-state index in [0.29, 0.717) is 16.9 Å². The Bertz CT molecular complexity index is 1210. The third-order valence-corrected chi connectivity index (χ3v) is 5.45. The van der Waals surface area contributed by atoms with Crippen molar-refractivity contribution >= 4 is 29.6 Å². The zero-order valence-corrected chi connectivity index (χ0v) is 16.3. The van der Waals surface area contributed by atoms with Gasteiger partial charge in [-0.15, -0.1) is 0 Å². The average molecular weight is 420 g/mol. The molecule has 3 aliphatic rings. The highest BCUT2D eigenvalue weighted by Gasteiger charge is 2.49. The van der Waals surface area contributed by atoms with E-state index in [1.165, 1.54) is 24.3 Å². The number of methoxy groups -OCH3 is 1. The first-order chi connectivity index (χ1) is 14.9. The van der Waals surface area contributed by atoms with Crippen molar-refractivity contribution in [3.8, 4) is 5.75 Å². The molecular formula is C21H16N4O6. The molecule has 0 saturated carbocycles. The van der Waals surface area contributed by atoms with Crippen LogP contribution in [0, 0.1) is 0 Å². The molecule has 0 spiro atoms. The van der Waals surface area contributed by atoms with Crippen molar-refractivity contribution in [3.05, 3.63) is 65.0 Å². The normalized spacial score (nSPS) is 22.9. The minimum atomic E-state index is -1.62. The topological polar surface area (TPSA) is 127 Å². The van der Waals surface area contributed by atoms with Crippen molar-refractivity contribution in [3.63, 3.8) is 0 Å². The van der Waals surface area contributed by atoms with Gasteiger partial charge in [0.2, 0.25) is 0 Å². The number of amides is 4. The lowest BCUT2D eigenvalue weighted by atomic mass is 9.96.